The van der Waals surface area contributed by atoms with Gasteiger partial charge in [0.25, 0.3) is 0 Å². The second-order valence-corrected chi connectivity index (χ2v) is 6.31. The van der Waals surface area contributed by atoms with Crippen molar-refractivity contribution in [3.63, 3.8) is 0 Å². The van der Waals surface area contributed by atoms with E-state index in [-0.39, 0.29) is 22.0 Å². The zero-order valence-corrected chi connectivity index (χ0v) is 11.5. The molecule has 2 unspecified atom stereocenters. The lowest BCUT2D eigenvalue weighted by molar-refractivity contribution is -0.380. The van der Waals surface area contributed by atoms with Crippen LogP contribution in [0.5, 0.6) is 0 Å². The van der Waals surface area contributed by atoms with Gasteiger partial charge in [-0.2, -0.15) is 0 Å². The number of nitrogens with two attached hydrogens (primary N) is 1. The predicted octanol–water partition coefficient (Wildman–Crippen LogP) is 2.39. The molecule has 1 saturated heterocycles. The molecule has 1 aliphatic heterocycles. The Bertz CT molecular complexity index is 433. The molecule has 18 heavy (non-hydrogen) atoms. The number of hydrogen-bond donors (Lipinski definition) is 1. The third-order valence-corrected chi connectivity index (χ3v) is 4.34. The van der Waals surface area contributed by atoms with Crippen LogP contribution in [0.2, 0.25) is 0 Å². The lowest BCUT2D eigenvalue weighted by Gasteiger charge is -2.27. The number of hydrogen-bond acceptors (Lipinski definition) is 5. The van der Waals surface area contributed by atoms with Crippen molar-refractivity contribution < 1.29 is 4.92 Å². The number of nitrogens with zero attached hydrogens (tertiary/aromatic N) is 2. The third kappa shape index (κ3) is 2.71. The Morgan fingerprint density at radius 1 is 1.61 bits per heavy atom. The van der Waals surface area contributed by atoms with E-state index in [0.29, 0.717) is 5.92 Å². The molecule has 0 bridgehead atoms. The van der Waals surface area contributed by atoms with Gasteiger partial charge in [-0.3, -0.25) is 15.0 Å². The second kappa shape index (κ2) is 5.34. The summed E-state index contributed by atoms with van der Waals surface area (Å²) in [7, 11) is 0. The van der Waals surface area contributed by atoms with E-state index in [1.807, 2.05) is 6.07 Å². The Kier molecular flexibility index (Phi) is 3.99. The number of rotatable bonds is 4. The Hall–Kier alpha value is -0.980. The lowest BCUT2D eigenvalue weighted by Crippen LogP contribution is -2.33. The van der Waals surface area contributed by atoms with Crippen molar-refractivity contribution in [2.75, 3.05) is 13.1 Å². The summed E-state index contributed by atoms with van der Waals surface area (Å²) in [5.74, 6) is 0.577. The van der Waals surface area contributed by atoms with E-state index in [9.17, 15) is 10.1 Å². The molecule has 1 aliphatic rings. The largest absolute Gasteiger partial charge is 0.326 e. The van der Waals surface area contributed by atoms with Crippen LogP contribution in [0, 0.1) is 16.0 Å². The fraction of sp³-hybridized carbons (Fsp3) is 0.667. The Morgan fingerprint density at radius 2 is 2.33 bits per heavy atom. The normalized spacial score (nSPS) is 24.9. The molecule has 2 atom stereocenters. The minimum absolute atomic E-state index is 0.0852. The molecule has 5 nitrogen and oxygen atoms in total. The van der Waals surface area contributed by atoms with Crippen LogP contribution in [0.4, 0.5) is 5.00 Å². The van der Waals surface area contributed by atoms with E-state index in [0.717, 1.165) is 24.4 Å². The number of nitro groups is 1. The molecule has 100 valence electrons. The summed E-state index contributed by atoms with van der Waals surface area (Å²) < 4.78 is 0. The van der Waals surface area contributed by atoms with E-state index in [4.69, 9.17) is 5.73 Å². The average Bonchev–Trinajstić information content (AvgIpc) is 2.85. The van der Waals surface area contributed by atoms with Crippen LogP contribution in [0.3, 0.4) is 0 Å². The van der Waals surface area contributed by atoms with E-state index >= 15 is 0 Å². The maximum atomic E-state index is 10.7. The molecule has 1 aromatic rings. The van der Waals surface area contributed by atoms with Gasteiger partial charge in [0.1, 0.15) is 0 Å². The topological polar surface area (TPSA) is 72.4 Å². The van der Waals surface area contributed by atoms with Gasteiger partial charge >= 0.3 is 5.00 Å². The maximum Gasteiger partial charge on any atom is 0.324 e. The summed E-state index contributed by atoms with van der Waals surface area (Å²) in [5, 5.41) is 10.9. The van der Waals surface area contributed by atoms with Gasteiger partial charge in [0.2, 0.25) is 0 Å². The molecule has 0 aliphatic carbocycles. The van der Waals surface area contributed by atoms with Crippen LogP contribution in [0.25, 0.3) is 0 Å². The number of thiophene rings is 1. The molecule has 0 spiro atoms. The fourth-order valence-corrected chi connectivity index (χ4v) is 3.58. The SMILES string of the molecule is CC(C)CN1CCC(N)C1c1ccc([N+](=O)[O-])s1. The van der Waals surface area contributed by atoms with E-state index < -0.39 is 0 Å². The van der Waals surface area contributed by atoms with Crippen LogP contribution < -0.4 is 5.73 Å². The van der Waals surface area contributed by atoms with Crippen LogP contribution in [0.15, 0.2) is 12.1 Å². The van der Waals surface area contributed by atoms with Crippen molar-refractivity contribution in [3.8, 4) is 0 Å². The molecule has 1 fully saturated rings. The number of likely N-dealkylation sites (tertiary alicyclic amines) is 1. The lowest BCUT2D eigenvalue weighted by atomic mass is 10.1. The zero-order valence-electron chi connectivity index (χ0n) is 10.7. The molecule has 2 rings (SSSR count). The Balaban J connectivity index is 2.19. The highest BCUT2D eigenvalue weighted by Crippen LogP contribution is 2.37. The molecular weight excluding hydrogens is 250 g/mol. The first kappa shape index (κ1) is 13.5. The molecule has 6 heteroatoms. The summed E-state index contributed by atoms with van der Waals surface area (Å²) in [4.78, 5) is 13.8. The Morgan fingerprint density at radius 3 is 2.89 bits per heavy atom. The van der Waals surface area contributed by atoms with Crippen molar-refractivity contribution >= 4 is 16.3 Å². The quantitative estimate of drug-likeness (QED) is 0.673. The van der Waals surface area contributed by atoms with Gasteiger partial charge in [-0.25, -0.2) is 0 Å². The average molecular weight is 269 g/mol. The van der Waals surface area contributed by atoms with Crippen LogP contribution in [-0.2, 0) is 0 Å². The summed E-state index contributed by atoms with van der Waals surface area (Å²) in [6.07, 6.45) is 0.961. The standard InChI is InChI=1S/C12H19N3O2S/c1-8(2)7-14-6-5-9(13)12(14)10-3-4-11(18-10)15(16)17/h3-4,8-9,12H,5-7,13H2,1-2H3. The van der Waals surface area contributed by atoms with Gasteiger partial charge in [-0.1, -0.05) is 25.2 Å². The minimum atomic E-state index is -0.332. The summed E-state index contributed by atoms with van der Waals surface area (Å²) in [6.45, 7) is 6.33. The van der Waals surface area contributed by atoms with Crippen molar-refractivity contribution in [2.45, 2.75) is 32.4 Å². The van der Waals surface area contributed by atoms with Crippen LogP contribution in [0.1, 0.15) is 31.2 Å². The molecule has 1 aromatic heterocycles. The van der Waals surface area contributed by atoms with Crippen molar-refractivity contribution in [1.29, 1.82) is 0 Å². The third-order valence-electron chi connectivity index (χ3n) is 3.23. The molecule has 0 radical (unpaired) electrons. The van der Waals surface area contributed by atoms with Crippen molar-refractivity contribution in [1.82, 2.24) is 4.90 Å². The smallest absolute Gasteiger partial charge is 0.324 e. The summed E-state index contributed by atoms with van der Waals surface area (Å²) in [6, 6.07) is 3.66. The van der Waals surface area contributed by atoms with Crippen LogP contribution >= 0.6 is 11.3 Å². The Labute approximate surface area is 111 Å². The first-order chi connectivity index (χ1) is 8.49. The van der Waals surface area contributed by atoms with Gasteiger partial charge in [-0.05, 0) is 18.4 Å². The van der Waals surface area contributed by atoms with E-state index in [1.165, 1.54) is 11.3 Å². The first-order valence-electron chi connectivity index (χ1n) is 6.22. The highest BCUT2D eigenvalue weighted by Gasteiger charge is 2.34. The molecular formula is C12H19N3O2S. The van der Waals surface area contributed by atoms with Gasteiger partial charge in [-0.15, -0.1) is 0 Å². The molecule has 0 aromatic carbocycles. The van der Waals surface area contributed by atoms with Gasteiger partial charge in [0.15, 0.2) is 0 Å². The van der Waals surface area contributed by atoms with E-state index in [1.54, 1.807) is 6.07 Å². The molecule has 0 amide bonds. The van der Waals surface area contributed by atoms with Gasteiger partial charge < -0.3 is 5.73 Å². The summed E-state index contributed by atoms with van der Waals surface area (Å²) >= 11 is 1.25. The van der Waals surface area contributed by atoms with Gasteiger partial charge in [0, 0.05) is 30.1 Å². The monoisotopic (exact) mass is 269 g/mol. The molecule has 0 saturated carbocycles. The zero-order chi connectivity index (χ0) is 13.3. The first-order valence-corrected chi connectivity index (χ1v) is 7.04. The highest BCUT2D eigenvalue weighted by molar-refractivity contribution is 7.15. The molecule has 2 heterocycles. The van der Waals surface area contributed by atoms with Crippen LogP contribution in [-0.4, -0.2) is 29.0 Å². The van der Waals surface area contributed by atoms with E-state index in [2.05, 4.69) is 18.7 Å². The fourth-order valence-electron chi connectivity index (χ4n) is 2.55. The van der Waals surface area contributed by atoms with Crippen molar-refractivity contribution in [3.05, 3.63) is 27.1 Å². The predicted molar refractivity (Wildman–Crippen MR) is 72.7 cm³/mol. The highest BCUT2D eigenvalue weighted by atomic mass is 32.1. The molecule has 2 N–H and O–H groups in total. The van der Waals surface area contributed by atoms with Crippen molar-refractivity contribution in [2.24, 2.45) is 11.7 Å². The second-order valence-electron chi connectivity index (χ2n) is 5.22. The minimum Gasteiger partial charge on any atom is -0.326 e. The summed E-state index contributed by atoms with van der Waals surface area (Å²) in [5.41, 5.74) is 6.16. The van der Waals surface area contributed by atoms with Gasteiger partial charge in [0.05, 0.1) is 11.0 Å². The maximum absolute atomic E-state index is 10.7.